The lowest BCUT2D eigenvalue weighted by atomic mass is 10.0. The standard InChI is InChI=1S/C16H32N4O2/c1-5-19(6-2)15(21)12-18-7-9-20(10-8-18)16(22)14(17)11-13(3)4/h13-14H,5-12,17H2,1-4H3/t14-/m0/s1. The summed E-state index contributed by atoms with van der Waals surface area (Å²) >= 11 is 0. The summed E-state index contributed by atoms with van der Waals surface area (Å²) < 4.78 is 0. The molecule has 2 N–H and O–H groups in total. The maximum atomic E-state index is 12.3. The van der Waals surface area contributed by atoms with Crippen LogP contribution in [0, 0.1) is 5.92 Å². The molecule has 0 radical (unpaired) electrons. The van der Waals surface area contributed by atoms with Crippen LogP contribution in [0.3, 0.4) is 0 Å². The van der Waals surface area contributed by atoms with E-state index in [-0.39, 0.29) is 11.8 Å². The first kappa shape index (κ1) is 18.9. The van der Waals surface area contributed by atoms with Gasteiger partial charge in [-0.3, -0.25) is 14.5 Å². The average Bonchev–Trinajstić information content (AvgIpc) is 2.47. The van der Waals surface area contributed by atoms with Crippen LogP contribution >= 0.6 is 0 Å². The highest BCUT2D eigenvalue weighted by atomic mass is 16.2. The van der Waals surface area contributed by atoms with Gasteiger partial charge in [0, 0.05) is 39.3 Å². The molecule has 1 aliphatic rings. The summed E-state index contributed by atoms with van der Waals surface area (Å²) in [6.45, 7) is 12.9. The average molecular weight is 312 g/mol. The molecule has 0 aromatic carbocycles. The van der Waals surface area contributed by atoms with Crippen molar-refractivity contribution in [3.05, 3.63) is 0 Å². The van der Waals surface area contributed by atoms with Gasteiger partial charge in [-0.1, -0.05) is 13.8 Å². The fourth-order valence-corrected chi connectivity index (χ4v) is 2.84. The molecule has 2 amide bonds. The van der Waals surface area contributed by atoms with Gasteiger partial charge < -0.3 is 15.5 Å². The maximum Gasteiger partial charge on any atom is 0.239 e. The first-order valence-electron chi connectivity index (χ1n) is 8.43. The number of nitrogens with two attached hydrogens (primary N) is 1. The number of hydrogen-bond donors (Lipinski definition) is 1. The first-order valence-corrected chi connectivity index (χ1v) is 8.43. The summed E-state index contributed by atoms with van der Waals surface area (Å²) in [7, 11) is 0. The third-order valence-electron chi connectivity index (χ3n) is 4.20. The highest BCUT2D eigenvalue weighted by molar-refractivity contribution is 5.82. The monoisotopic (exact) mass is 312 g/mol. The highest BCUT2D eigenvalue weighted by Gasteiger charge is 2.26. The molecule has 22 heavy (non-hydrogen) atoms. The van der Waals surface area contributed by atoms with Crippen LogP contribution in [-0.2, 0) is 9.59 Å². The third-order valence-corrected chi connectivity index (χ3v) is 4.20. The van der Waals surface area contributed by atoms with E-state index in [0.29, 0.717) is 25.6 Å². The van der Waals surface area contributed by atoms with Crippen molar-refractivity contribution in [2.24, 2.45) is 11.7 Å². The molecule has 6 heteroatoms. The topological polar surface area (TPSA) is 69.9 Å². The number of rotatable bonds is 7. The second-order valence-corrected chi connectivity index (χ2v) is 6.40. The fraction of sp³-hybridized carbons (Fsp3) is 0.875. The van der Waals surface area contributed by atoms with E-state index in [2.05, 4.69) is 18.7 Å². The van der Waals surface area contributed by atoms with Crippen LogP contribution in [0.5, 0.6) is 0 Å². The predicted octanol–water partition coefficient (Wildman–Crippen LogP) is 0.372. The summed E-state index contributed by atoms with van der Waals surface area (Å²) in [4.78, 5) is 30.2. The van der Waals surface area contributed by atoms with Gasteiger partial charge in [-0.25, -0.2) is 0 Å². The van der Waals surface area contributed by atoms with Crippen molar-refractivity contribution in [1.82, 2.24) is 14.7 Å². The van der Waals surface area contributed by atoms with Gasteiger partial charge in [-0.15, -0.1) is 0 Å². The molecule has 1 heterocycles. The zero-order chi connectivity index (χ0) is 16.7. The van der Waals surface area contributed by atoms with Crippen LogP contribution in [-0.4, -0.2) is 78.4 Å². The van der Waals surface area contributed by atoms with Gasteiger partial charge in [0.25, 0.3) is 0 Å². The molecule has 0 aliphatic carbocycles. The van der Waals surface area contributed by atoms with E-state index in [4.69, 9.17) is 5.73 Å². The van der Waals surface area contributed by atoms with Gasteiger partial charge in [0.2, 0.25) is 11.8 Å². The van der Waals surface area contributed by atoms with Crippen LogP contribution in [0.15, 0.2) is 0 Å². The molecule has 0 unspecified atom stereocenters. The number of carbonyl (C=O) groups excluding carboxylic acids is 2. The summed E-state index contributed by atoms with van der Waals surface area (Å²) in [5.74, 6) is 0.636. The summed E-state index contributed by atoms with van der Waals surface area (Å²) in [6, 6.07) is -0.399. The summed E-state index contributed by atoms with van der Waals surface area (Å²) in [5, 5.41) is 0. The number of amides is 2. The third kappa shape index (κ3) is 5.57. The number of piperazine rings is 1. The van der Waals surface area contributed by atoms with Crippen molar-refractivity contribution < 1.29 is 9.59 Å². The van der Waals surface area contributed by atoms with Crippen LogP contribution < -0.4 is 5.73 Å². The molecule has 0 aromatic rings. The normalized spacial score (nSPS) is 17.6. The molecule has 0 saturated carbocycles. The minimum Gasteiger partial charge on any atom is -0.342 e. The lowest BCUT2D eigenvalue weighted by Crippen LogP contribution is -2.54. The van der Waals surface area contributed by atoms with Crippen molar-refractivity contribution >= 4 is 11.8 Å². The highest BCUT2D eigenvalue weighted by Crippen LogP contribution is 2.09. The Morgan fingerprint density at radius 1 is 1.09 bits per heavy atom. The molecule has 0 aromatic heterocycles. The Morgan fingerprint density at radius 3 is 2.09 bits per heavy atom. The molecule has 1 saturated heterocycles. The second-order valence-electron chi connectivity index (χ2n) is 6.40. The minimum atomic E-state index is -0.399. The van der Waals surface area contributed by atoms with Crippen molar-refractivity contribution in [3.8, 4) is 0 Å². The number of nitrogens with zero attached hydrogens (tertiary/aromatic N) is 3. The molecule has 0 spiro atoms. The van der Waals surface area contributed by atoms with Crippen LogP contribution in [0.1, 0.15) is 34.1 Å². The van der Waals surface area contributed by atoms with Crippen molar-refractivity contribution in [1.29, 1.82) is 0 Å². The number of likely N-dealkylation sites (N-methyl/N-ethyl adjacent to an activating group) is 1. The smallest absolute Gasteiger partial charge is 0.239 e. The van der Waals surface area contributed by atoms with E-state index in [1.807, 2.05) is 23.6 Å². The lowest BCUT2D eigenvalue weighted by molar-refractivity contribution is -0.136. The van der Waals surface area contributed by atoms with Gasteiger partial charge in [-0.05, 0) is 26.2 Å². The van der Waals surface area contributed by atoms with Gasteiger partial charge >= 0.3 is 0 Å². The van der Waals surface area contributed by atoms with E-state index in [9.17, 15) is 9.59 Å². The molecule has 0 bridgehead atoms. The van der Waals surface area contributed by atoms with Gasteiger partial charge in [0.05, 0.1) is 12.6 Å². The van der Waals surface area contributed by atoms with E-state index in [1.165, 1.54) is 0 Å². The number of hydrogen-bond acceptors (Lipinski definition) is 4. The van der Waals surface area contributed by atoms with Crippen LogP contribution in [0.25, 0.3) is 0 Å². The Bertz CT molecular complexity index is 361. The van der Waals surface area contributed by atoms with Crippen molar-refractivity contribution in [3.63, 3.8) is 0 Å². The molecule has 128 valence electrons. The molecule has 6 nitrogen and oxygen atoms in total. The minimum absolute atomic E-state index is 0.0448. The quantitative estimate of drug-likeness (QED) is 0.737. The maximum absolute atomic E-state index is 12.3. The molecular formula is C16H32N4O2. The largest absolute Gasteiger partial charge is 0.342 e. The first-order chi connectivity index (χ1) is 10.4. The Balaban J connectivity index is 2.40. The van der Waals surface area contributed by atoms with Crippen LogP contribution in [0.2, 0.25) is 0 Å². The SMILES string of the molecule is CCN(CC)C(=O)CN1CCN(C(=O)[C@@H](N)CC(C)C)CC1. The molecular weight excluding hydrogens is 280 g/mol. The zero-order valence-corrected chi connectivity index (χ0v) is 14.5. The Labute approximate surface area is 134 Å². The lowest BCUT2D eigenvalue weighted by Gasteiger charge is -2.36. The van der Waals surface area contributed by atoms with Crippen LogP contribution in [0.4, 0.5) is 0 Å². The second kappa shape index (κ2) is 9.10. The summed E-state index contributed by atoms with van der Waals surface area (Å²) in [6.07, 6.45) is 0.722. The Hall–Kier alpha value is -1.14. The van der Waals surface area contributed by atoms with E-state index in [0.717, 1.165) is 32.6 Å². The van der Waals surface area contributed by atoms with Crippen molar-refractivity contribution in [2.75, 3.05) is 45.8 Å². The Morgan fingerprint density at radius 2 is 1.64 bits per heavy atom. The molecule has 1 aliphatic heterocycles. The Kier molecular flexibility index (Phi) is 7.82. The van der Waals surface area contributed by atoms with Gasteiger partial charge in [-0.2, -0.15) is 0 Å². The van der Waals surface area contributed by atoms with E-state index in [1.54, 1.807) is 0 Å². The fourth-order valence-electron chi connectivity index (χ4n) is 2.84. The van der Waals surface area contributed by atoms with Gasteiger partial charge in [0.15, 0.2) is 0 Å². The van der Waals surface area contributed by atoms with E-state index < -0.39 is 6.04 Å². The van der Waals surface area contributed by atoms with Gasteiger partial charge in [0.1, 0.15) is 0 Å². The summed E-state index contributed by atoms with van der Waals surface area (Å²) in [5.41, 5.74) is 5.97. The number of carbonyl (C=O) groups is 2. The molecule has 1 atom stereocenters. The molecule has 1 fully saturated rings. The zero-order valence-electron chi connectivity index (χ0n) is 14.5. The predicted molar refractivity (Wildman–Crippen MR) is 88.4 cm³/mol. The molecule has 1 rings (SSSR count). The van der Waals surface area contributed by atoms with Crippen molar-refractivity contribution in [2.45, 2.75) is 40.2 Å². The van der Waals surface area contributed by atoms with E-state index >= 15 is 0 Å².